The van der Waals surface area contributed by atoms with Gasteiger partial charge in [0.2, 0.25) is 5.88 Å². The summed E-state index contributed by atoms with van der Waals surface area (Å²) in [6.07, 6.45) is 3.13. The highest BCUT2D eigenvalue weighted by Gasteiger charge is 2.29. The summed E-state index contributed by atoms with van der Waals surface area (Å²) in [5.74, 6) is 1.26. The average molecular weight is 370 g/mol. The predicted octanol–water partition coefficient (Wildman–Crippen LogP) is 3.25. The van der Waals surface area contributed by atoms with E-state index in [1.54, 1.807) is 0 Å². The highest BCUT2D eigenvalue weighted by molar-refractivity contribution is 5.75. The number of aryl methyl sites for hydroxylation is 2. The van der Waals surface area contributed by atoms with Gasteiger partial charge in [-0.2, -0.15) is 4.98 Å². The number of hydrogen-bond donors (Lipinski definition) is 1. The summed E-state index contributed by atoms with van der Waals surface area (Å²) < 4.78 is 11.1. The van der Waals surface area contributed by atoms with E-state index in [-0.39, 0.29) is 11.9 Å². The molecule has 1 saturated heterocycles. The predicted molar refractivity (Wildman–Crippen MR) is 104 cm³/mol. The van der Waals surface area contributed by atoms with Crippen LogP contribution in [-0.4, -0.2) is 35.6 Å². The molecule has 7 nitrogen and oxygen atoms in total. The highest BCUT2D eigenvalue weighted by atomic mass is 16.5. The van der Waals surface area contributed by atoms with E-state index in [2.05, 4.69) is 9.97 Å². The number of hydrogen-bond acceptors (Lipinski definition) is 7. The summed E-state index contributed by atoms with van der Waals surface area (Å²) in [6.45, 7) is 7.59. The van der Waals surface area contributed by atoms with Gasteiger partial charge in [0.25, 0.3) is 0 Å². The number of rotatable bonds is 5. The van der Waals surface area contributed by atoms with E-state index in [0.29, 0.717) is 36.3 Å². The van der Waals surface area contributed by atoms with Crippen molar-refractivity contribution < 1.29 is 14.3 Å². The van der Waals surface area contributed by atoms with Crippen LogP contribution in [0.25, 0.3) is 0 Å². The van der Waals surface area contributed by atoms with Crippen molar-refractivity contribution in [1.82, 2.24) is 9.97 Å². The number of carbonyl (C=O) groups is 1. The molecule has 1 atom stereocenters. The van der Waals surface area contributed by atoms with Gasteiger partial charge in [-0.3, -0.25) is 4.79 Å². The molecule has 0 saturated carbocycles. The van der Waals surface area contributed by atoms with Crippen molar-refractivity contribution in [2.45, 2.75) is 33.6 Å². The Labute approximate surface area is 159 Å². The van der Waals surface area contributed by atoms with E-state index in [1.807, 2.05) is 43.9 Å². The number of nitrogen functional groups attached to an aromatic ring is 1. The van der Waals surface area contributed by atoms with Crippen molar-refractivity contribution >= 4 is 17.5 Å². The minimum Gasteiger partial charge on any atom is -0.466 e. The van der Waals surface area contributed by atoms with Crippen molar-refractivity contribution in [2.75, 3.05) is 30.3 Å². The molecule has 1 aliphatic rings. The number of anilines is 2. The lowest BCUT2D eigenvalue weighted by Gasteiger charge is -2.33. The Morgan fingerprint density at radius 2 is 2.11 bits per heavy atom. The molecule has 0 bridgehead atoms. The van der Waals surface area contributed by atoms with E-state index in [9.17, 15) is 4.79 Å². The fraction of sp³-hybridized carbons (Fsp3) is 0.450. The summed E-state index contributed by atoms with van der Waals surface area (Å²) in [5, 5.41) is 0. The maximum Gasteiger partial charge on any atom is 0.310 e. The number of benzene rings is 1. The topological polar surface area (TPSA) is 90.6 Å². The molecule has 0 radical (unpaired) electrons. The van der Waals surface area contributed by atoms with E-state index in [4.69, 9.17) is 15.2 Å². The zero-order chi connectivity index (χ0) is 19.4. The number of nitrogens with two attached hydrogens (primary N) is 1. The van der Waals surface area contributed by atoms with E-state index in [1.165, 1.54) is 11.9 Å². The van der Waals surface area contributed by atoms with Gasteiger partial charge in [-0.05, 0) is 56.9 Å². The van der Waals surface area contributed by atoms with Crippen LogP contribution >= 0.6 is 0 Å². The molecular weight excluding hydrogens is 344 g/mol. The zero-order valence-corrected chi connectivity index (χ0v) is 16.1. The average Bonchev–Trinajstić information content (AvgIpc) is 2.67. The third-order valence-electron chi connectivity index (χ3n) is 4.86. The van der Waals surface area contributed by atoms with Crippen molar-refractivity contribution in [3.63, 3.8) is 0 Å². The van der Waals surface area contributed by atoms with Crippen LogP contribution in [0.15, 0.2) is 24.5 Å². The van der Waals surface area contributed by atoms with Gasteiger partial charge in [-0.25, -0.2) is 4.98 Å². The Morgan fingerprint density at radius 3 is 2.85 bits per heavy atom. The Morgan fingerprint density at radius 1 is 1.30 bits per heavy atom. The smallest absolute Gasteiger partial charge is 0.310 e. The minimum atomic E-state index is -0.169. The van der Waals surface area contributed by atoms with Crippen LogP contribution in [0, 0.1) is 19.8 Å². The van der Waals surface area contributed by atoms with Crippen LogP contribution in [0.1, 0.15) is 30.9 Å². The second kappa shape index (κ2) is 8.24. The van der Waals surface area contributed by atoms with Gasteiger partial charge in [0.1, 0.15) is 17.8 Å². The van der Waals surface area contributed by atoms with Gasteiger partial charge in [0, 0.05) is 13.1 Å². The second-order valence-electron chi connectivity index (χ2n) is 6.80. The number of carbonyl (C=O) groups excluding carboxylic acids is 1. The molecule has 2 aromatic rings. The number of ether oxygens (including phenoxy) is 2. The normalized spacial score (nSPS) is 16.9. The molecule has 1 unspecified atom stereocenters. The minimum absolute atomic E-state index is 0.165. The maximum atomic E-state index is 12.1. The summed E-state index contributed by atoms with van der Waals surface area (Å²) in [6, 6.07) is 5.84. The molecular formula is C20H26N4O3. The van der Waals surface area contributed by atoms with Crippen LogP contribution < -0.4 is 15.4 Å². The highest BCUT2D eigenvalue weighted by Crippen LogP contribution is 2.34. The first-order valence-corrected chi connectivity index (χ1v) is 9.26. The van der Waals surface area contributed by atoms with Crippen molar-refractivity contribution in [1.29, 1.82) is 0 Å². The Hall–Kier alpha value is -2.83. The largest absolute Gasteiger partial charge is 0.466 e. The van der Waals surface area contributed by atoms with Gasteiger partial charge >= 0.3 is 5.97 Å². The number of piperidine rings is 1. The molecule has 1 aromatic carbocycles. The summed E-state index contributed by atoms with van der Waals surface area (Å²) in [5.41, 5.74) is 9.00. The van der Waals surface area contributed by atoms with Crippen LogP contribution in [0.5, 0.6) is 11.6 Å². The molecule has 1 fully saturated rings. The monoisotopic (exact) mass is 370 g/mol. The SMILES string of the molecule is CCOC(=O)C1CCCN(c2ncnc(Oc3ccc(C)c(C)c3)c2N)C1. The van der Waals surface area contributed by atoms with Crippen molar-refractivity contribution in [3.8, 4) is 11.6 Å². The fourth-order valence-corrected chi connectivity index (χ4v) is 3.22. The van der Waals surface area contributed by atoms with Crippen LogP contribution in [0.4, 0.5) is 11.5 Å². The molecule has 1 aliphatic heterocycles. The molecule has 27 heavy (non-hydrogen) atoms. The summed E-state index contributed by atoms with van der Waals surface area (Å²) in [4.78, 5) is 22.6. The van der Waals surface area contributed by atoms with Crippen LogP contribution in [0.2, 0.25) is 0 Å². The lowest BCUT2D eigenvalue weighted by Crippen LogP contribution is -2.40. The first-order chi connectivity index (χ1) is 13.0. The second-order valence-corrected chi connectivity index (χ2v) is 6.80. The number of nitrogens with zero attached hydrogens (tertiary/aromatic N) is 3. The lowest BCUT2D eigenvalue weighted by molar-refractivity contribution is -0.148. The molecule has 2 N–H and O–H groups in total. The van der Waals surface area contributed by atoms with Crippen molar-refractivity contribution in [3.05, 3.63) is 35.7 Å². The van der Waals surface area contributed by atoms with E-state index in [0.717, 1.165) is 24.9 Å². The third-order valence-corrected chi connectivity index (χ3v) is 4.86. The van der Waals surface area contributed by atoms with Gasteiger partial charge < -0.3 is 20.1 Å². The molecule has 7 heteroatoms. The number of esters is 1. The first kappa shape index (κ1) is 18.9. The molecule has 1 aromatic heterocycles. The molecule has 3 rings (SSSR count). The Balaban J connectivity index is 1.79. The lowest BCUT2D eigenvalue weighted by atomic mass is 9.98. The van der Waals surface area contributed by atoms with Gasteiger partial charge in [-0.15, -0.1) is 0 Å². The van der Waals surface area contributed by atoms with Crippen molar-refractivity contribution in [2.24, 2.45) is 5.92 Å². The summed E-state index contributed by atoms with van der Waals surface area (Å²) in [7, 11) is 0. The van der Waals surface area contributed by atoms with Gasteiger partial charge in [0.15, 0.2) is 5.82 Å². The quantitative estimate of drug-likeness (QED) is 0.808. The standard InChI is InChI=1S/C20H26N4O3/c1-4-26-20(25)15-6-5-9-24(11-15)18-17(21)19(23-12-22-18)27-16-8-7-13(2)14(3)10-16/h7-8,10,12,15H,4-6,9,11,21H2,1-3H3. The third kappa shape index (κ3) is 4.30. The molecule has 0 spiro atoms. The fourth-order valence-electron chi connectivity index (χ4n) is 3.22. The van der Waals surface area contributed by atoms with Gasteiger partial charge in [-0.1, -0.05) is 6.07 Å². The number of aromatic nitrogens is 2. The van der Waals surface area contributed by atoms with Crippen LogP contribution in [0.3, 0.4) is 0 Å². The molecule has 0 aliphatic carbocycles. The van der Waals surface area contributed by atoms with Crippen LogP contribution in [-0.2, 0) is 9.53 Å². The van der Waals surface area contributed by atoms with Gasteiger partial charge in [0.05, 0.1) is 12.5 Å². The Kier molecular flexibility index (Phi) is 5.78. The van der Waals surface area contributed by atoms with E-state index < -0.39 is 0 Å². The van der Waals surface area contributed by atoms with E-state index >= 15 is 0 Å². The molecule has 144 valence electrons. The summed E-state index contributed by atoms with van der Waals surface area (Å²) >= 11 is 0. The first-order valence-electron chi connectivity index (χ1n) is 9.26. The maximum absolute atomic E-state index is 12.1. The Bertz CT molecular complexity index is 825. The molecule has 0 amide bonds. The zero-order valence-electron chi connectivity index (χ0n) is 16.1. The molecule has 2 heterocycles.